The summed E-state index contributed by atoms with van der Waals surface area (Å²) in [5.74, 6) is 0.679. The van der Waals surface area contributed by atoms with Crippen molar-refractivity contribution >= 4 is 17.2 Å². The zero-order chi connectivity index (χ0) is 13.8. The summed E-state index contributed by atoms with van der Waals surface area (Å²) in [7, 11) is 0. The monoisotopic (exact) mass is 293 g/mol. The van der Waals surface area contributed by atoms with Crippen LogP contribution in [0.2, 0.25) is 0 Å². The molecule has 3 rings (SSSR count). The molecule has 1 amide bonds. The third kappa shape index (κ3) is 3.38. The first kappa shape index (κ1) is 14.0. The Labute approximate surface area is 124 Å². The van der Waals surface area contributed by atoms with E-state index in [1.54, 1.807) is 11.3 Å². The maximum Gasteiger partial charge on any atom is 0.225 e. The number of amides is 1. The highest BCUT2D eigenvalue weighted by Gasteiger charge is 2.29. The van der Waals surface area contributed by atoms with E-state index in [1.165, 1.54) is 19.3 Å². The van der Waals surface area contributed by atoms with E-state index in [2.05, 4.69) is 20.2 Å². The second-order valence-corrected chi connectivity index (χ2v) is 6.63. The predicted octanol–water partition coefficient (Wildman–Crippen LogP) is 2.37. The Hall–Kier alpha value is -0.940. The van der Waals surface area contributed by atoms with Gasteiger partial charge >= 0.3 is 0 Å². The zero-order valence-electron chi connectivity index (χ0n) is 12.0. The van der Waals surface area contributed by atoms with Gasteiger partial charge in [0.15, 0.2) is 0 Å². The Morgan fingerprint density at radius 1 is 1.20 bits per heavy atom. The number of nitrogens with zero attached hydrogens (tertiary/aromatic N) is 3. The Bertz CT molecular complexity index is 420. The molecule has 0 bridgehead atoms. The minimum atomic E-state index is 0.264. The van der Waals surface area contributed by atoms with E-state index in [0.717, 1.165) is 51.3 Å². The maximum absolute atomic E-state index is 12.5. The van der Waals surface area contributed by atoms with Gasteiger partial charge in [0.1, 0.15) is 0 Å². The summed E-state index contributed by atoms with van der Waals surface area (Å²) in [5, 5.41) is 2.12. The van der Waals surface area contributed by atoms with E-state index in [4.69, 9.17) is 0 Å². The molecule has 1 aromatic heterocycles. The van der Waals surface area contributed by atoms with Gasteiger partial charge in [-0.15, -0.1) is 11.3 Å². The largest absolute Gasteiger partial charge is 0.342 e. The van der Waals surface area contributed by atoms with Crippen molar-refractivity contribution in [2.24, 2.45) is 5.92 Å². The highest BCUT2D eigenvalue weighted by Crippen LogP contribution is 2.22. The molecule has 0 spiro atoms. The van der Waals surface area contributed by atoms with Gasteiger partial charge in [0.25, 0.3) is 0 Å². The smallest absolute Gasteiger partial charge is 0.225 e. The fourth-order valence-corrected chi connectivity index (χ4v) is 3.80. The lowest BCUT2D eigenvalue weighted by Crippen LogP contribution is -2.44. The van der Waals surface area contributed by atoms with Gasteiger partial charge in [0, 0.05) is 30.9 Å². The highest BCUT2D eigenvalue weighted by atomic mass is 32.1. The summed E-state index contributed by atoms with van der Waals surface area (Å²) < 4.78 is 0. The van der Waals surface area contributed by atoms with Crippen molar-refractivity contribution in [1.29, 1.82) is 0 Å². The molecule has 0 N–H and O–H groups in total. The summed E-state index contributed by atoms with van der Waals surface area (Å²) in [4.78, 5) is 21.3. The lowest BCUT2D eigenvalue weighted by molar-refractivity contribution is -0.138. The van der Waals surface area contributed by atoms with Crippen LogP contribution in [0.1, 0.15) is 37.8 Å². The Morgan fingerprint density at radius 2 is 1.95 bits per heavy atom. The molecule has 2 saturated heterocycles. The summed E-state index contributed by atoms with van der Waals surface area (Å²) in [6.07, 6.45) is 5.69. The van der Waals surface area contributed by atoms with Crippen LogP contribution in [0.3, 0.4) is 0 Å². The van der Waals surface area contributed by atoms with E-state index in [1.807, 2.05) is 5.51 Å². The van der Waals surface area contributed by atoms with Crippen molar-refractivity contribution in [1.82, 2.24) is 14.8 Å². The first-order valence-electron chi connectivity index (χ1n) is 7.71. The summed E-state index contributed by atoms with van der Waals surface area (Å²) in [6, 6.07) is 0. The van der Waals surface area contributed by atoms with Gasteiger partial charge in [-0.2, -0.15) is 0 Å². The molecule has 0 aromatic carbocycles. The third-order valence-corrected chi connectivity index (χ3v) is 5.11. The van der Waals surface area contributed by atoms with Crippen molar-refractivity contribution in [3.63, 3.8) is 0 Å². The average molecular weight is 293 g/mol. The minimum Gasteiger partial charge on any atom is -0.342 e. The number of carbonyl (C=O) groups is 1. The minimum absolute atomic E-state index is 0.264. The third-order valence-electron chi connectivity index (χ3n) is 4.47. The number of likely N-dealkylation sites (tertiary alicyclic amines) is 2. The number of rotatable bonds is 3. The van der Waals surface area contributed by atoms with Crippen LogP contribution in [0.15, 0.2) is 10.9 Å². The van der Waals surface area contributed by atoms with Crippen LogP contribution in [0.5, 0.6) is 0 Å². The molecule has 2 fully saturated rings. The van der Waals surface area contributed by atoms with Crippen molar-refractivity contribution in [3.05, 3.63) is 16.6 Å². The van der Waals surface area contributed by atoms with Crippen molar-refractivity contribution in [3.8, 4) is 0 Å². The van der Waals surface area contributed by atoms with Crippen LogP contribution >= 0.6 is 11.3 Å². The molecule has 0 saturated carbocycles. The molecule has 2 aliphatic heterocycles. The summed E-state index contributed by atoms with van der Waals surface area (Å²) >= 11 is 1.65. The van der Waals surface area contributed by atoms with Crippen molar-refractivity contribution in [2.75, 3.05) is 26.2 Å². The van der Waals surface area contributed by atoms with Gasteiger partial charge in [-0.25, -0.2) is 4.98 Å². The van der Waals surface area contributed by atoms with Gasteiger partial charge in [-0.05, 0) is 45.2 Å². The first-order chi connectivity index (χ1) is 9.83. The van der Waals surface area contributed by atoms with Crippen LogP contribution in [0.4, 0.5) is 0 Å². The van der Waals surface area contributed by atoms with E-state index in [0.29, 0.717) is 5.91 Å². The second kappa shape index (κ2) is 6.68. The Kier molecular flexibility index (Phi) is 4.68. The maximum atomic E-state index is 12.5. The van der Waals surface area contributed by atoms with Crippen molar-refractivity contribution < 1.29 is 4.79 Å². The number of carbonyl (C=O) groups excluding carboxylic acids is 1. The first-order valence-corrected chi connectivity index (χ1v) is 8.65. The molecule has 1 aromatic rings. The van der Waals surface area contributed by atoms with E-state index in [-0.39, 0.29) is 5.92 Å². The van der Waals surface area contributed by atoms with Crippen LogP contribution in [0, 0.1) is 5.92 Å². The second-order valence-electron chi connectivity index (χ2n) is 5.92. The van der Waals surface area contributed by atoms with Crippen molar-refractivity contribution in [2.45, 2.75) is 38.6 Å². The van der Waals surface area contributed by atoms with Crippen LogP contribution in [-0.4, -0.2) is 46.9 Å². The van der Waals surface area contributed by atoms with Crippen LogP contribution < -0.4 is 0 Å². The highest BCUT2D eigenvalue weighted by molar-refractivity contribution is 7.07. The van der Waals surface area contributed by atoms with E-state index in [9.17, 15) is 4.79 Å². The molecule has 2 aliphatic rings. The summed E-state index contributed by atoms with van der Waals surface area (Å²) in [5.41, 5.74) is 3.05. The fourth-order valence-electron chi connectivity index (χ4n) is 3.26. The van der Waals surface area contributed by atoms with Gasteiger partial charge < -0.3 is 4.90 Å². The van der Waals surface area contributed by atoms with E-state index >= 15 is 0 Å². The summed E-state index contributed by atoms with van der Waals surface area (Å²) in [6.45, 7) is 4.97. The molecular weight excluding hydrogens is 270 g/mol. The molecular formula is C15H23N3OS. The number of hydrogen-bond donors (Lipinski definition) is 0. The molecule has 4 nitrogen and oxygen atoms in total. The lowest BCUT2D eigenvalue weighted by atomic mass is 9.94. The Morgan fingerprint density at radius 3 is 2.60 bits per heavy atom. The van der Waals surface area contributed by atoms with Gasteiger partial charge in [-0.1, -0.05) is 0 Å². The molecule has 5 heteroatoms. The van der Waals surface area contributed by atoms with Crippen LogP contribution in [0.25, 0.3) is 0 Å². The molecule has 0 aliphatic carbocycles. The predicted molar refractivity (Wildman–Crippen MR) is 80.5 cm³/mol. The zero-order valence-corrected chi connectivity index (χ0v) is 12.8. The van der Waals surface area contributed by atoms with Gasteiger partial charge in [-0.3, -0.25) is 9.69 Å². The lowest BCUT2D eigenvalue weighted by Gasteiger charge is -2.35. The normalized spacial score (nSPS) is 22.1. The average Bonchev–Trinajstić information content (AvgIpc) is 3.01. The molecule has 20 heavy (non-hydrogen) atoms. The standard InChI is InChI=1S/C15H23N3OS/c19-15(18-6-2-1-3-7-18)13-4-8-17(9-5-13)10-14-11-20-12-16-14/h11-13H,1-10H2. The fraction of sp³-hybridized carbons (Fsp3) is 0.733. The molecule has 3 heterocycles. The number of aromatic nitrogens is 1. The number of thiazole rings is 1. The van der Waals surface area contributed by atoms with Gasteiger partial charge in [0.2, 0.25) is 5.91 Å². The van der Waals surface area contributed by atoms with Crippen LogP contribution in [-0.2, 0) is 11.3 Å². The topological polar surface area (TPSA) is 36.4 Å². The molecule has 0 unspecified atom stereocenters. The Balaban J connectivity index is 1.46. The molecule has 0 atom stereocenters. The molecule has 110 valence electrons. The molecule has 0 radical (unpaired) electrons. The van der Waals surface area contributed by atoms with E-state index < -0.39 is 0 Å². The number of piperidine rings is 2. The number of hydrogen-bond acceptors (Lipinski definition) is 4. The quantitative estimate of drug-likeness (QED) is 0.858. The SMILES string of the molecule is O=C(C1CCN(Cc2cscn2)CC1)N1CCCCC1. The van der Waals surface area contributed by atoms with Gasteiger partial charge in [0.05, 0.1) is 11.2 Å².